The molecule has 2 aromatic carbocycles. The zero-order valence-electron chi connectivity index (χ0n) is 12.7. The average molecular weight is 332 g/mol. The lowest BCUT2D eigenvalue weighted by molar-refractivity contribution is -0.134. The standard InChI is InChI=1S/C17H16O5S/c1-13-3-10-16(11-4-13)23(19,20)22-15-8-5-14(6-9-15)7-12-17(18)21-2/h3-12H,1-2H3/b12-7+. The number of benzene rings is 2. The molecule has 0 fully saturated rings. The summed E-state index contributed by atoms with van der Waals surface area (Å²) in [5, 5.41) is 0. The predicted molar refractivity (Wildman–Crippen MR) is 86.5 cm³/mol. The van der Waals surface area contributed by atoms with Crippen LogP contribution in [0.1, 0.15) is 11.1 Å². The lowest BCUT2D eigenvalue weighted by Crippen LogP contribution is -2.09. The molecule has 0 N–H and O–H groups in total. The minimum absolute atomic E-state index is 0.0952. The van der Waals surface area contributed by atoms with Crippen LogP contribution in [0.25, 0.3) is 6.08 Å². The van der Waals surface area contributed by atoms with E-state index in [0.29, 0.717) is 0 Å². The summed E-state index contributed by atoms with van der Waals surface area (Å²) >= 11 is 0. The number of rotatable bonds is 5. The molecule has 0 bridgehead atoms. The van der Waals surface area contributed by atoms with E-state index in [2.05, 4.69) is 4.74 Å². The summed E-state index contributed by atoms with van der Waals surface area (Å²) in [6.07, 6.45) is 2.84. The SMILES string of the molecule is COC(=O)/C=C/c1ccc(OS(=O)(=O)c2ccc(C)cc2)cc1. The first-order chi connectivity index (χ1) is 10.9. The fourth-order valence-corrected chi connectivity index (χ4v) is 2.68. The highest BCUT2D eigenvalue weighted by molar-refractivity contribution is 7.87. The number of carbonyl (C=O) groups excluding carboxylic acids is 1. The van der Waals surface area contributed by atoms with Crippen LogP contribution in [-0.2, 0) is 19.6 Å². The van der Waals surface area contributed by atoms with Crippen molar-refractivity contribution in [3.05, 3.63) is 65.7 Å². The van der Waals surface area contributed by atoms with E-state index in [-0.39, 0.29) is 10.6 Å². The van der Waals surface area contributed by atoms with Crippen molar-refractivity contribution in [1.82, 2.24) is 0 Å². The molecule has 0 unspecified atom stereocenters. The Bertz CT molecular complexity index is 803. The maximum absolute atomic E-state index is 12.2. The Morgan fingerprint density at radius 2 is 1.61 bits per heavy atom. The Kier molecular flexibility index (Phi) is 5.18. The normalized spacial score (nSPS) is 11.4. The van der Waals surface area contributed by atoms with Gasteiger partial charge in [0.05, 0.1) is 7.11 Å². The molecule has 0 saturated carbocycles. The lowest BCUT2D eigenvalue weighted by atomic mass is 10.2. The number of ether oxygens (including phenoxy) is 1. The fourth-order valence-electron chi connectivity index (χ4n) is 1.75. The van der Waals surface area contributed by atoms with Crippen molar-refractivity contribution in [2.24, 2.45) is 0 Å². The maximum Gasteiger partial charge on any atom is 0.339 e. The Morgan fingerprint density at radius 1 is 1.00 bits per heavy atom. The number of hydrogen-bond acceptors (Lipinski definition) is 5. The molecule has 0 heterocycles. The molecule has 0 spiro atoms. The van der Waals surface area contributed by atoms with Gasteiger partial charge in [-0.25, -0.2) is 4.79 Å². The average Bonchev–Trinajstić information content (AvgIpc) is 2.54. The van der Waals surface area contributed by atoms with Crippen LogP contribution < -0.4 is 4.18 Å². The number of aryl methyl sites for hydroxylation is 1. The summed E-state index contributed by atoms with van der Waals surface area (Å²) in [6.45, 7) is 1.87. The van der Waals surface area contributed by atoms with Crippen molar-refractivity contribution in [3.8, 4) is 5.75 Å². The molecular formula is C17H16O5S. The molecule has 0 radical (unpaired) electrons. The first kappa shape index (κ1) is 16.8. The first-order valence-corrected chi connectivity index (χ1v) is 8.19. The van der Waals surface area contributed by atoms with E-state index in [1.54, 1.807) is 30.3 Å². The van der Waals surface area contributed by atoms with Gasteiger partial charge in [-0.05, 0) is 42.8 Å². The molecule has 0 saturated heterocycles. The number of carbonyl (C=O) groups is 1. The molecule has 0 aliphatic rings. The van der Waals surface area contributed by atoms with Gasteiger partial charge in [0.1, 0.15) is 10.6 Å². The third-order valence-corrected chi connectivity index (χ3v) is 4.27. The van der Waals surface area contributed by atoms with Gasteiger partial charge in [0.15, 0.2) is 0 Å². The van der Waals surface area contributed by atoms with Gasteiger partial charge in [0, 0.05) is 6.08 Å². The second-order valence-corrected chi connectivity index (χ2v) is 6.32. The van der Waals surface area contributed by atoms with Crippen molar-refractivity contribution in [2.75, 3.05) is 7.11 Å². The van der Waals surface area contributed by atoms with Crippen molar-refractivity contribution in [2.45, 2.75) is 11.8 Å². The molecule has 5 nitrogen and oxygen atoms in total. The van der Waals surface area contributed by atoms with Crippen LogP contribution in [0, 0.1) is 6.92 Å². The van der Waals surface area contributed by atoms with Crippen molar-refractivity contribution < 1.29 is 22.1 Å². The third kappa shape index (κ3) is 4.69. The Hall–Kier alpha value is -2.60. The molecule has 0 amide bonds. The van der Waals surface area contributed by atoms with Gasteiger partial charge >= 0.3 is 16.1 Å². The van der Waals surface area contributed by atoms with Gasteiger partial charge in [0.25, 0.3) is 0 Å². The van der Waals surface area contributed by atoms with Gasteiger partial charge in [-0.3, -0.25) is 0 Å². The quantitative estimate of drug-likeness (QED) is 0.478. The molecule has 0 atom stereocenters. The zero-order chi connectivity index (χ0) is 16.9. The maximum atomic E-state index is 12.2. The molecule has 2 rings (SSSR count). The summed E-state index contributed by atoms with van der Waals surface area (Å²) < 4.78 is 33.9. The van der Waals surface area contributed by atoms with E-state index >= 15 is 0 Å². The highest BCUT2D eigenvalue weighted by atomic mass is 32.2. The van der Waals surface area contributed by atoms with Crippen LogP contribution in [0.15, 0.2) is 59.5 Å². The van der Waals surface area contributed by atoms with E-state index in [4.69, 9.17) is 4.18 Å². The highest BCUT2D eigenvalue weighted by Crippen LogP contribution is 2.20. The Morgan fingerprint density at radius 3 is 2.17 bits per heavy atom. The molecule has 23 heavy (non-hydrogen) atoms. The van der Waals surface area contributed by atoms with E-state index in [9.17, 15) is 13.2 Å². The first-order valence-electron chi connectivity index (χ1n) is 6.78. The van der Waals surface area contributed by atoms with Crippen molar-refractivity contribution >= 4 is 22.2 Å². The number of methoxy groups -OCH3 is 1. The van der Waals surface area contributed by atoms with Crippen LogP contribution in [0.2, 0.25) is 0 Å². The molecule has 2 aromatic rings. The Labute approximate surface area is 135 Å². The zero-order valence-corrected chi connectivity index (χ0v) is 13.5. The van der Waals surface area contributed by atoms with Gasteiger partial charge in [-0.1, -0.05) is 29.8 Å². The van der Waals surface area contributed by atoms with Crippen LogP contribution in [-0.4, -0.2) is 21.5 Å². The van der Waals surface area contributed by atoms with Gasteiger partial charge in [-0.2, -0.15) is 8.42 Å². The van der Waals surface area contributed by atoms with E-state index in [1.165, 1.54) is 37.5 Å². The topological polar surface area (TPSA) is 69.7 Å². The van der Waals surface area contributed by atoms with E-state index in [0.717, 1.165) is 11.1 Å². The molecule has 120 valence electrons. The summed E-state index contributed by atoms with van der Waals surface area (Å²) in [5.41, 5.74) is 1.68. The molecule has 0 aromatic heterocycles. The minimum Gasteiger partial charge on any atom is -0.466 e. The molecule has 0 aliphatic heterocycles. The summed E-state index contributed by atoms with van der Waals surface area (Å²) in [4.78, 5) is 11.1. The summed E-state index contributed by atoms with van der Waals surface area (Å²) in [6, 6.07) is 12.7. The van der Waals surface area contributed by atoms with E-state index in [1.807, 2.05) is 6.92 Å². The van der Waals surface area contributed by atoms with Crippen molar-refractivity contribution in [1.29, 1.82) is 0 Å². The number of esters is 1. The minimum atomic E-state index is -3.86. The predicted octanol–water partition coefficient (Wildman–Crippen LogP) is 2.95. The Balaban J connectivity index is 2.12. The smallest absolute Gasteiger partial charge is 0.339 e. The van der Waals surface area contributed by atoms with Crippen LogP contribution in [0.4, 0.5) is 0 Å². The second kappa shape index (κ2) is 7.11. The second-order valence-electron chi connectivity index (χ2n) is 4.78. The van der Waals surface area contributed by atoms with Crippen LogP contribution >= 0.6 is 0 Å². The summed E-state index contributed by atoms with van der Waals surface area (Å²) in [7, 11) is -2.57. The van der Waals surface area contributed by atoms with Crippen LogP contribution in [0.5, 0.6) is 5.75 Å². The van der Waals surface area contributed by atoms with Crippen LogP contribution in [0.3, 0.4) is 0 Å². The summed E-state index contributed by atoms with van der Waals surface area (Å²) in [5.74, 6) is -0.270. The fraction of sp³-hybridized carbons (Fsp3) is 0.118. The van der Waals surface area contributed by atoms with E-state index < -0.39 is 16.1 Å². The monoisotopic (exact) mass is 332 g/mol. The molecule has 6 heteroatoms. The highest BCUT2D eigenvalue weighted by Gasteiger charge is 2.16. The third-order valence-electron chi connectivity index (χ3n) is 3.01. The molecular weight excluding hydrogens is 316 g/mol. The van der Waals surface area contributed by atoms with Gasteiger partial charge < -0.3 is 8.92 Å². The van der Waals surface area contributed by atoms with Gasteiger partial charge in [-0.15, -0.1) is 0 Å². The van der Waals surface area contributed by atoms with Gasteiger partial charge in [0.2, 0.25) is 0 Å². The molecule has 0 aliphatic carbocycles. The largest absolute Gasteiger partial charge is 0.466 e. The van der Waals surface area contributed by atoms with Crippen molar-refractivity contribution in [3.63, 3.8) is 0 Å². The lowest BCUT2D eigenvalue weighted by Gasteiger charge is -2.07. The number of hydrogen-bond donors (Lipinski definition) is 0.